The highest BCUT2D eigenvalue weighted by molar-refractivity contribution is 7.89. The lowest BCUT2D eigenvalue weighted by Crippen LogP contribution is -2.46. The molecule has 0 bridgehead atoms. The fourth-order valence-corrected chi connectivity index (χ4v) is 4.98. The zero-order valence-electron chi connectivity index (χ0n) is 17.7. The van der Waals surface area contributed by atoms with E-state index in [9.17, 15) is 13.2 Å². The summed E-state index contributed by atoms with van der Waals surface area (Å²) in [6, 6.07) is 15.0. The first kappa shape index (κ1) is 21.8. The van der Waals surface area contributed by atoms with Crippen molar-refractivity contribution in [1.82, 2.24) is 19.1 Å². The molecule has 1 N–H and O–H groups in total. The molecule has 166 valence electrons. The summed E-state index contributed by atoms with van der Waals surface area (Å²) in [5.74, 6) is -0.513. The lowest BCUT2D eigenvalue weighted by Gasteiger charge is -2.34. The van der Waals surface area contributed by atoms with Crippen molar-refractivity contribution >= 4 is 21.1 Å². The van der Waals surface area contributed by atoms with Gasteiger partial charge in [0, 0.05) is 52.4 Å². The first-order chi connectivity index (χ1) is 14.9. The first-order valence-electron chi connectivity index (χ1n) is 10.5. The van der Waals surface area contributed by atoms with Crippen molar-refractivity contribution in [2.24, 2.45) is 7.05 Å². The molecule has 0 aliphatic carbocycles. The van der Waals surface area contributed by atoms with Gasteiger partial charge in [0.1, 0.15) is 0 Å². The summed E-state index contributed by atoms with van der Waals surface area (Å²) in [5.41, 5.74) is 2.16. The van der Waals surface area contributed by atoms with Gasteiger partial charge in [-0.3, -0.25) is 9.47 Å². The Morgan fingerprint density at radius 3 is 2.45 bits per heavy atom. The number of sulfonamides is 1. The number of oxazole rings is 1. The molecular formula is C22H28N4O4S. The van der Waals surface area contributed by atoms with Crippen molar-refractivity contribution in [3.8, 4) is 0 Å². The van der Waals surface area contributed by atoms with Crippen LogP contribution < -0.4 is 10.5 Å². The SMILES string of the molecule is Cn1c(=O)oc2cc(S(=O)(=O)NCCCN3CCN(Cc4ccccc4)CC3)ccc21. The average Bonchev–Trinajstić information content (AvgIpc) is 3.06. The summed E-state index contributed by atoms with van der Waals surface area (Å²) in [7, 11) is -2.06. The minimum absolute atomic E-state index is 0.101. The van der Waals surface area contributed by atoms with Gasteiger partial charge in [0.2, 0.25) is 10.0 Å². The number of nitrogens with one attached hydrogen (secondary N) is 1. The number of nitrogens with zero attached hydrogens (tertiary/aromatic N) is 3. The fraction of sp³-hybridized carbons (Fsp3) is 0.409. The Morgan fingerprint density at radius 1 is 1.00 bits per heavy atom. The largest absolute Gasteiger partial charge is 0.419 e. The van der Waals surface area contributed by atoms with Gasteiger partial charge in [0.25, 0.3) is 0 Å². The van der Waals surface area contributed by atoms with Crippen LogP contribution in [0.4, 0.5) is 0 Å². The second-order valence-corrected chi connectivity index (χ2v) is 9.68. The predicted molar refractivity (Wildman–Crippen MR) is 119 cm³/mol. The Hall–Kier alpha value is -2.46. The number of piperazine rings is 1. The van der Waals surface area contributed by atoms with Crippen molar-refractivity contribution in [3.63, 3.8) is 0 Å². The topological polar surface area (TPSA) is 87.8 Å². The molecule has 2 heterocycles. The van der Waals surface area contributed by atoms with Crippen LogP contribution >= 0.6 is 0 Å². The van der Waals surface area contributed by atoms with E-state index in [1.165, 1.54) is 22.3 Å². The Bertz CT molecular complexity index is 1180. The normalized spacial score (nSPS) is 16.2. The number of hydrogen-bond donors (Lipinski definition) is 1. The third kappa shape index (κ3) is 5.24. The van der Waals surface area contributed by atoms with Crippen LogP contribution in [0.25, 0.3) is 11.1 Å². The zero-order valence-corrected chi connectivity index (χ0v) is 18.5. The summed E-state index contributed by atoms with van der Waals surface area (Å²) in [5, 5.41) is 0. The third-order valence-corrected chi connectivity index (χ3v) is 7.19. The minimum Gasteiger partial charge on any atom is -0.408 e. The van der Waals surface area contributed by atoms with E-state index in [4.69, 9.17) is 4.42 Å². The van der Waals surface area contributed by atoms with E-state index >= 15 is 0 Å². The van der Waals surface area contributed by atoms with Gasteiger partial charge in [-0.25, -0.2) is 17.9 Å². The molecule has 1 aliphatic heterocycles. The molecule has 9 heteroatoms. The summed E-state index contributed by atoms with van der Waals surface area (Å²) in [4.78, 5) is 16.5. The van der Waals surface area contributed by atoms with Gasteiger partial charge in [-0.05, 0) is 30.7 Å². The summed E-state index contributed by atoms with van der Waals surface area (Å²) >= 11 is 0. The van der Waals surface area contributed by atoms with Crippen LogP contribution in [-0.4, -0.2) is 62.1 Å². The molecule has 0 amide bonds. The van der Waals surface area contributed by atoms with E-state index in [1.807, 2.05) is 6.07 Å². The monoisotopic (exact) mass is 444 g/mol. The van der Waals surface area contributed by atoms with Crippen LogP contribution in [0.2, 0.25) is 0 Å². The molecule has 1 fully saturated rings. The Balaban J connectivity index is 1.22. The maximum Gasteiger partial charge on any atom is 0.419 e. The van der Waals surface area contributed by atoms with Crippen LogP contribution in [0.5, 0.6) is 0 Å². The van der Waals surface area contributed by atoms with Gasteiger partial charge < -0.3 is 9.32 Å². The number of rotatable bonds is 8. The average molecular weight is 445 g/mol. The van der Waals surface area contributed by atoms with Crippen molar-refractivity contribution in [2.45, 2.75) is 17.9 Å². The van der Waals surface area contributed by atoms with E-state index in [-0.39, 0.29) is 10.5 Å². The van der Waals surface area contributed by atoms with Gasteiger partial charge in [0.15, 0.2) is 5.58 Å². The Morgan fingerprint density at radius 2 is 1.71 bits per heavy atom. The molecule has 0 spiro atoms. The molecule has 1 saturated heterocycles. The fourth-order valence-electron chi connectivity index (χ4n) is 3.89. The number of fused-ring (bicyclic) bond motifs is 1. The molecule has 0 saturated carbocycles. The predicted octanol–water partition coefficient (Wildman–Crippen LogP) is 1.62. The van der Waals surface area contributed by atoms with Crippen molar-refractivity contribution in [2.75, 3.05) is 39.3 Å². The minimum atomic E-state index is -3.65. The van der Waals surface area contributed by atoms with E-state index in [1.54, 1.807) is 13.1 Å². The van der Waals surface area contributed by atoms with E-state index in [0.29, 0.717) is 12.1 Å². The number of benzene rings is 2. The number of aryl methyl sites for hydroxylation is 1. The maximum absolute atomic E-state index is 12.6. The van der Waals surface area contributed by atoms with Crippen LogP contribution in [-0.2, 0) is 23.6 Å². The Labute approximate surface area is 182 Å². The molecule has 0 atom stereocenters. The lowest BCUT2D eigenvalue weighted by molar-refractivity contribution is 0.126. The second-order valence-electron chi connectivity index (χ2n) is 7.91. The highest BCUT2D eigenvalue weighted by Gasteiger charge is 2.18. The zero-order chi connectivity index (χ0) is 21.8. The van der Waals surface area contributed by atoms with Gasteiger partial charge >= 0.3 is 5.76 Å². The molecule has 0 radical (unpaired) electrons. The number of aromatic nitrogens is 1. The quantitative estimate of drug-likeness (QED) is 0.531. The van der Waals surface area contributed by atoms with Crippen LogP contribution in [0, 0.1) is 0 Å². The second kappa shape index (κ2) is 9.35. The van der Waals surface area contributed by atoms with Crippen molar-refractivity contribution in [1.29, 1.82) is 0 Å². The van der Waals surface area contributed by atoms with Gasteiger partial charge in [-0.15, -0.1) is 0 Å². The van der Waals surface area contributed by atoms with Crippen molar-refractivity contribution in [3.05, 3.63) is 64.6 Å². The van der Waals surface area contributed by atoms with Crippen LogP contribution in [0.1, 0.15) is 12.0 Å². The molecule has 3 aromatic rings. The van der Waals surface area contributed by atoms with E-state index in [0.717, 1.165) is 45.7 Å². The lowest BCUT2D eigenvalue weighted by atomic mass is 10.2. The molecule has 31 heavy (non-hydrogen) atoms. The number of hydrogen-bond acceptors (Lipinski definition) is 6. The molecule has 1 aliphatic rings. The van der Waals surface area contributed by atoms with Crippen LogP contribution in [0.15, 0.2) is 62.6 Å². The molecule has 0 unspecified atom stereocenters. The summed E-state index contributed by atoms with van der Waals surface area (Å²) in [6.07, 6.45) is 0.737. The first-order valence-corrected chi connectivity index (χ1v) is 12.0. The molecule has 8 nitrogen and oxygen atoms in total. The smallest absolute Gasteiger partial charge is 0.408 e. The summed E-state index contributed by atoms with van der Waals surface area (Å²) in [6.45, 7) is 6.20. The van der Waals surface area contributed by atoms with Crippen molar-refractivity contribution < 1.29 is 12.8 Å². The maximum atomic E-state index is 12.6. The van der Waals surface area contributed by atoms with Gasteiger partial charge in [0.05, 0.1) is 10.4 Å². The Kier molecular flexibility index (Phi) is 6.57. The molecule has 2 aromatic carbocycles. The highest BCUT2D eigenvalue weighted by Crippen LogP contribution is 2.18. The molecule has 1 aromatic heterocycles. The van der Waals surface area contributed by atoms with Gasteiger partial charge in [-0.2, -0.15) is 0 Å². The van der Waals surface area contributed by atoms with Gasteiger partial charge in [-0.1, -0.05) is 30.3 Å². The standard InChI is InChI=1S/C22H28N4O4S/c1-24-20-9-8-19(16-21(20)30-22(24)27)31(28,29)23-10-5-11-25-12-14-26(15-13-25)17-18-6-3-2-4-7-18/h2-4,6-9,16,23H,5,10-15,17H2,1H3. The molecular weight excluding hydrogens is 416 g/mol. The van der Waals surface area contributed by atoms with E-state index < -0.39 is 15.8 Å². The third-order valence-electron chi connectivity index (χ3n) is 5.73. The summed E-state index contributed by atoms with van der Waals surface area (Å²) < 4.78 is 34.2. The molecule has 4 rings (SSSR count). The highest BCUT2D eigenvalue weighted by atomic mass is 32.2. The van der Waals surface area contributed by atoms with E-state index in [2.05, 4.69) is 38.8 Å². The van der Waals surface area contributed by atoms with Crippen LogP contribution in [0.3, 0.4) is 0 Å².